The van der Waals surface area contributed by atoms with Crippen molar-refractivity contribution in [3.63, 3.8) is 0 Å². The maximum absolute atomic E-state index is 11.4. The van der Waals surface area contributed by atoms with Crippen molar-refractivity contribution in [2.24, 2.45) is 5.92 Å². The monoisotopic (exact) mass is 250 g/mol. The molecule has 0 unspecified atom stereocenters. The highest BCUT2D eigenvalue weighted by atomic mass is 16.5. The molecule has 2 N–H and O–H groups in total. The lowest BCUT2D eigenvalue weighted by molar-refractivity contribution is -0.122. The van der Waals surface area contributed by atoms with Gasteiger partial charge in [0.2, 0.25) is 11.8 Å². The van der Waals surface area contributed by atoms with Gasteiger partial charge in [-0.05, 0) is 19.8 Å². The summed E-state index contributed by atoms with van der Waals surface area (Å²) in [6, 6.07) is 1.74. The highest BCUT2D eigenvalue weighted by Gasteiger charge is 2.28. The molecule has 0 atom stereocenters. The maximum atomic E-state index is 11.4. The van der Waals surface area contributed by atoms with Gasteiger partial charge in [0.25, 0.3) is 0 Å². The fourth-order valence-corrected chi connectivity index (χ4v) is 1.53. The molecule has 1 amide bonds. The van der Waals surface area contributed by atoms with Crippen molar-refractivity contribution < 1.29 is 9.53 Å². The Hall–Kier alpha value is -1.85. The second kappa shape index (κ2) is 6.18. The lowest BCUT2D eigenvalue weighted by Crippen LogP contribution is -2.29. The quantitative estimate of drug-likeness (QED) is 0.700. The van der Waals surface area contributed by atoms with Gasteiger partial charge in [0.05, 0.1) is 6.61 Å². The van der Waals surface area contributed by atoms with E-state index < -0.39 is 0 Å². The Kier molecular flexibility index (Phi) is 4.33. The first-order chi connectivity index (χ1) is 8.79. The van der Waals surface area contributed by atoms with Gasteiger partial charge in [-0.25, -0.2) is 9.97 Å². The predicted octanol–water partition coefficient (Wildman–Crippen LogP) is 0.813. The molecule has 98 valence electrons. The summed E-state index contributed by atoms with van der Waals surface area (Å²) in [5.41, 5.74) is 0. The number of anilines is 1. The second-order valence-corrected chi connectivity index (χ2v) is 4.17. The van der Waals surface area contributed by atoms with E-state index in [2.05, 4.69) is 20.6 Å². The Morgan fingerprint density at radius 1 is 1.44 bits per heavy atom. The zero-order valence-electron chi connectivity index (χ0n) is 10.5. The predicted molar refractivity (Wildman–Crippen MR) is 67.4 cm³/mol. The molecule has 6 nitrogen and oxygen atoms in total. The van der Waals surface area contributed by atoms with Gasteiger partial charge in [-0.2, -0.15) is 0 Å². The molecule has 0 saturated heterocycles. The Bertz CT molecular complexity index is 407. The van der Waals surface area contributed by atoms with E-state index >= 15 is 0 Å². The molecule has 0 radical (unpaired) electrons. The fourth-order valence-electron chi connectivity index (χ4n) is 1.53. The SMILES string of the molecule is CCOc1cc(NCCNC(=O)C2CC2)ncn1. The van der Waals surface area contributed by atoms with Crippen LogP contribution in [0.15, 0.2) is 12.4 Å². The molecule has 0 spiro atoms. The normalized spacial score (nSPS) is 14.1. The van der Waals surface area contributed by atoms with Crippen LogP contribution in [0.4, 0.5) is 5.82 Å². The first kappa shape index (κ1) is 12.6. The Labute approximate surface area is 106 Å². The molecule has 1 aliphatic carbocycles. The summed E-state index contributed by atoms with van der Waals surface area (Å²) in [5, 5.41) is 5.99. The number of carbonyl (C=O) groups excluding carboxylic acids is 1. The summed E-state index contributed by atoms with van der Waals surface area (Å²) in [5.74, 6) is 1.68. The number of hydrogen-bond acceptors (Lipinski definition) is 5. The third kappa shape index (κ3) is 3.87. The molecular formula is C12H18N4O2. The Morgan fingerprint density at radius 3 is 3.00 bits per heavy atom. The van der Waals surface area contributed by atoms with Crippen LogP contribution in [0.5, 0.6) is 5.88 Å². The van der Waals surface area contributed by atoms with Gasteiger partial charge in [0.15, 0.2) is 0 Å². The van der Waals surface area contributed by atoms with Gasteiger partial charge >= 0.3 is 0 Å². The summed E-state index contributed by atoms with van der Waals surface area (Å²) < 4.78 is 5.27. The number of nitrogens with one attached hydrogen (secondary N) is 2. The van der Waals surface area contributed by atoms with E-state index in [9.17, 15) is 4.79 Å². The number of aromatic nitrogens is 2. The van der Waals surface area contributed by atoms with Crippen molar-refractivity contribution in [2.75, 3.05) is 25.0 Å². The Balaban J connectivity index is 1.68. The zero-order chi connectivity index (χ0) is 12.8. The van der Waals surface area contributed by atoms with Crippen LogP contribution >= 0.6 is 0 Å². The molecule has 18 heavy (non-hydrogen) atoms. The van der Waals surface area contributed by atoms with E-state index in [1.165, 1.54) is 6.33 Å². The maximum Gasteiger partial charge on any atom is 0.223 e. The molecule has 2 rings (SSSR count). The topological polar surface area (TPSA) is 76.1 Å². The summed E-state index contributed by atoms with van der Waals surface area (Å²) in [7, 11) is 0. The number of hydrogen-bond donors (Lipinski definition) is 2. The van der Waals surface area contributed by atoms with Crippen LogP contribution < -0.4 is 15.4 Å². The van der Waals surface area contributed by atoms with Gasteiger partial charge in [0, 0.05) is 25.1 Å². The fraction of sp³-hybridized carbons (Fsp3) is 0.583. The summed E-state index contributed by atoms with van der Waals surface area (Å²) >= 11 is 0. The zero-order valence-corrected chi connectivity index (χ0v) is 10.5. The smallest absolute Gasteiger partial charge is 0.223 e. The third-order valence-corrected chi connectivity index (χ3v) is 2.61. The van der Waals surface area contributed by atoms with Crippen LogP contribution in [0.3, 0.4) is 0 Å². The molecule has 0 aromatic carbocycles. The average Bonchev–Trinajstić information content (AvgIpc) is 3.19. The molecule has 1 aromatic heterocycles. The molecule has 0 bridgehead atoms. The van der Waals surface area contributed by atoms with Gasteiger partial charge in [-0.1, -0.05) is 0 Å². The van der Waals surface area contributed by atoms with Crippen LogP contribution in [0.1, 0.15) is 19.8 Å². The van der Waals surface area contributed by atoms with E-state index in [0.29, 0.717) is 31.4 Å². The number of nitrogens with zero attached hydrogens (tertiary/aromatic N) is 2. The molecule has 1 saturated carbocycles. The molecule has 1 aromatic rings. The van der Waals surface area contributed by atoms with Crippen molar-refractivity contribution in [3.8, 4) is 5.88 Å². The van der Waals surface area contributed by atoms with Crippen molar-refractivity contribution in [1.29, 1.82) is 0 Å². The second-order valence-electron chi connectivity index (χ2n) is 4.17. The third-order valence-electron chi connectivity index (χ3n) is 2.61. The van der Waals surface area contributed by atoms with E-state index in [0.717, 1.165) is 12.8 Å². The van der Waals surface area contributed by atoms with E-state index in [1.807, 2.05) is 6.92 Å². The van der Waals surface area contributed by atoms with Crippen LogP contribution in [0, 0.1) is 5.92 Å². The molecular weight excluding hydrogens is 232 g/mol. The van der Waals surface area contributed by atoms with Gasteiger partial charge in [-0.15, -0.1) is 0 Å². The van der Waals surface area contributed by atoms with Crippen LogP contribution in [0.25, 0.3) is 0 Å². The minimum Gasteiger partial charge on any atom is -0.478 e. The first-order valence-electron chi connectivity index (χ1n) is 6.26. The summed E-state index contributed by atoms with van der Waals surface area (Å²) in [6.07, 6.45) is 3.52. The van der Waals surface area contributed by atoms with Crippen molar-refractivity contribution >= 4 is 11.7 Å². The molecule has 1 heterocycles. The van der Waals surface area contributed by atoms with E-state index in [1.54, 1.807) is 6.07 Å². The highest BCUT2D eigenvalue weighted by molar-refractivity contribution is 5.80. The van der Waals surface area contributed by atoms with Gasteiger partial charge in [-0.3, -0.25) is 4.79 Å². The van der Waals surface area contributed by atoms with Crippen LogP contribution in [-0.4, -0.2) is 35.6 Å². The number of amides is 1. The van der Waals surface area contributed by atoms with Gasteiger partial charge < -0.3 is 15.4 Å². The minimum absolute atomic E-state index is 0.162. The molecule has 1 aliphatic rings. The molecule has 0 aliphatic heterocycles. The van der Waals surface area contributed by atoms with Gasteiger partial charge in [0.1, 0.15) is 12.1 Å². The lowest BCUT2D eigenvalue weighted by Gasteiger charge is -2.08. The van der Waals surface area contributed by atoms with Crippen LogP contribution in [-0.2, 0) is 4.79 Å². The molecule has 1 fully saturated rings. The minimum atomic E-state index is 0.162. The van der Waals surface area contributed by atoms with E-state index in [4.69, 9.17) is 4.74 Å². The van der Waals surface area contributed by atoms with Crippen molar-refractivity contribution in [3.05, 3.63) is 12.4 Å². The Morgan fingerprint density at radius 2 is 2.28 bits per heavy atom. The van der Waals surface area contributed by atoms with Crippen molar-refractivity contribution in [1.82, 2.24) is 15.3 Å². The first-order valence-corrected chi connectivity index (χ1v) is 6.26. The number of rotatable bonds is 7. The van der Waals surface area contributed by atoms with E-state index in [-0.39, 0.29) is 11.8 Å². The summed E-state index contributed by atoms with van der Waals surface area (Å²) in [6.45, 7) is 3.72. The largest absolute Gasteiger partial charge is 0.478 e. The lowest BCUT2D eigenvalue weighted by atomic mass is 10.4. The molecule has 6 heteroatoms. The number of carbonyl (C=O) groups is 1. The van der Waals surface area contributed by atoms with Crippen molar-refractivity contribution in [2.45, 2.75) is 19.8 Å². The summed E-state index contributed by atoms with van der Waals surface area (Å²) in [4.78, 5) is 19.4. The highest BCUT2D eigenvalue weighted by Crippen LogP contribution is 2.28. The number of ether oxygens (including phenoxy) is 1. The average molecular weight is 250 g/mol. The van der Waals surface area contributed by atoms with Crippen LogP contribution in [0.2, 0.25) is 0 Å². The standard InChI is InChI=1S/C12H18N4O2/c1-2-18-11-7-10(15-8-16-11)13-5-6-14-12(17)9-3-4-9/h7-9H,2-6H2,1H3,(H,14,17)(H,13,15,16).